The topological polar surface area (TPSA) is 77.5 Å². The van der Waals surface area contributed by atoms with Gasteiger partial charge in [-0.1, -0.05) is 0 Å². The van der Waals surface area contributed by atoms with Gasteiger partial charge in [-0.3, -0.25) is 4.98 Å². The second kappa shape index (κ2) is 10.7. The highest BCUT2D eigenvalue weighted by atomic mass is 79.9. The highest BCUT2D eigenvalue weighted by Gasteiger charge is 2.24. The number of hydrogen-bond acceptors (Lipinski definition) is 6. The van der Waals surface area contributed by atoms with E-state index in [1.165, 1.54) is 7.11 Å². The molecule has 1 aromatic heterocycles. The van der Waals surface area contributed by atoms with Crippen LogP contribution in [0, 0.1) is 0 Å². The van der Waals surface area contributed by atoms with Gasteiger partial charge in [-0.25, -0.2) is 9.59 Å². The van der Waals surface area contributed by atoms with Crippen LogP contribution in [0.2, 0.25) is 0 Å². The number of halogens is 1. The summed E-state index contributed by atoms with van der Waals surface area (Å²) in [6, 6.07) is 1.32. The molecule has 8 heteroatoms. The van der Waals surface area contributed by atoms with E-state index in [2.05, 4.69) is 26.2 Å². The highest BCUT2D eigenvalue weighted by molar-refractivity contribution is 9.10. The largest absolute Gasteiger partial charge is 0.467 e. The Morgan fingerprint density at radius 2 is 2.04 bits per heavy atom. The van der Waals surface area contributed by atoms with Crippen LogP contribution < -0.4 is 5.32 Å². The van der Waals surface area contributed by atoms with Gasteiger partial charge in [0.05, 0.1) is 7.11 Å². The number of amides is 1. The van der Waals surface area contributed by atoms with Crippen molar-refractivity contribution in [3.05, 3.63) is 22.9 Å². The lowest BCUT2D eigenvalue weighted by Crippen LogP contribution is -2.44. The average molecular weight is 433 g/mol. The molecular weight excluding hydrogens is 408 g/mol. The van der Waals surface area contributed by atoms with Crippen molar-refractivity contribution in [2.75, 3.05) is 12.9 Å². The van der Waals surface area contributed by atoms with Gasteiger partial charge in [0.15, 0.2) is 0 Å². The number of nitrogens with one attached hydrogen (secondary N) is 1. The van der Waals surface area contributed by atoms with Crippen molar-refractivity contribution >= 4 is 39.8 Å². The molecule has 6 nitrogen and oxygen atoms in total. The number of carbonyl (C=O) groups excluding carboxylic acids is 2. The van der Waals surface area contributed by atoms with Gasteiger partial charge < -0.3 is 14.8 Å². The summed E-state index contributed by atoms with van der Waals surface area (Å²) in [4.78, 5) is 28.9. The van der Waals surface area contributed by atoms with Gasteiger partial charge in [0.2, 0.25) is 0 Å². The Labute approximate surface area is 161 Å². The molecular formula is C17H25BrN2O4S. The monoisotopic (exact) mass is 432 g/mol. The van der Waals surface area contributed by atoms with Crippen LogP contribution in [0.5, 0.6) is 0 Å². The maximum absolute atomic E-state index is 11.8. The third kappa shape index (κ3) is 9.69. The standard InChI is InChI=1S/C17H25BrN2O4S/c1-17(2,3)24-16(22)20-14(15(21)23-4)7-5-6-8-25-13-9-12(18)10-19-11-13/h9-11,14H,5-8H2,1-4H3,(H,20,22)/t14-/m0/s1. The average Bonchev–Trinajstić information content (AvgIpc) is 2.51. The van der Waals surface area contributed by atoms with Crippen LogP contribution in [0.15, 0.2) is 27.8 Å². The molecule has 0 aromatic carbocycles. The van der Waals surface area contributed by atoms with Crippen molar-refractivity contribution in [3.8, 4) is 0 Å². The SMILES string of the molecule is COC(=O)[C@H](CCCCSc1cncc(Br)c1)NC(=O)OC(C)(C)C. The molecule has 140 valence electrons. The lowest BCUT2D eigenvalue weighted by Gasteiger charge is -2.22. The van der Waals surface area contributed by atoms with Crippen LogP contribution in [0.25, 0.3) is 0 Å². The molecule has 0 aliphatic heterocycles. The number of pyridine rings is 1. The van der Waals surface area contributed by atoms with E-state index in [0.717, 1.165) is 28.0 Å². The maximum Gasteiger partial charge on any atom is 0.408 e. The molecule has 0 bridgehead atoms. The van der Waals surface area contributed by atoms with E-state index in [-0.39, 0.29) is 0 Å². The number of thioether (sulfide) groups is 1. The van der Waals surface area contributed by atoms with Gasteiger partial charge in [-0.15, -0.1) is 11.8 Å². The lowest BCUT2D eigenvalue weighted by atomic mass is 10.1. The zero-order chi connectivity index (χ0) is 18.9. The van der Waals surface area contributed by atoms with Crippen LogP contribution in [0.1, 0.15) is 40.0 Å². The van der Waals surface area contributed by atoms with Crippen LogP contribution in [0.4, 0.5) is 4.79 Å². The van der Waals surface area contributed by atoms with Crippen LogP contribution in [0.3, 0.4) is 0 Å². The number of unbranched alkanes of at least 4 members (excludes halogenated alkanes) is 1. The smallest absolute Gasteiger partial charge is 0.408 e. The fourth-order valence-electron chi connectivity index (χ4n) is 1.95. The number of aromatic nitrogens is 1. The number of carbonyl (C=O) groups is 2. The first-order valence-corrected chi connectivity index (χ1v) is 9.80. The normalized spacial score (nSPS) is 12.4. The highest BCUT2D eigenvalue weighted by Crippen LogP contribution is 2.22. The van der Waals surface area contributed by atoms with Gasteiger partial charge in [0, 0.05) is 21.8 Å². The first-order valence-electron chi connectivity index (χ1n) is 8.02. The molecule has 1 aromatic rings. The Morgan fingerprint density at radius 1 is 1.32 bits per heavy atom. The summed E-state index contributed by atoms with van der Waals surface area (Å²) >= 11 is 5.09. The minimum Gasteiger partial charge on any atom is -0.467 e. The third-order valence-corrected chi connectivity index (χ3v) is 4.50. The quantitative estimate of drug-likeness (QED) is 0.377. The zero-order valence-corrected chi connectivity index (χ0v) is 17.4. The molecule has 0 radical (unpaired) electrons. The first-order chi connectivity index (χ1) is 11.7. The molecule has 1 N–H and O–H groups in total. The Morgan fingerprint density at radius 3 is 2.64 bits per heavy atom. The van der Waals surface area contributed by atoms with Gasteiger partial charge in [0.25, 0.3) is 0 Å². The molecule has 0 aliphatic carbocycles. The fraction of sp³-hybridized carbons (Fsp3) is 0.588. The number of hydrogen-bond donors (Lipinski definition) is 1. The van der Waals surface area contributed by atoms with Crippen molar-refractivity contribution in [3.63, 3.8) is 0 Å². The van der Waals surface area contributed by atoms with Crippen LogP contribution in [-0.4, -0.2) is 41.6 Å². The Kier molecular flexibility index (Phi) is 9.27. The molecule has 0 unspecified atom stereocenters. The fourth-order valence-corrected chi connectivity index (χ4v) is 3.40. The number of ether oxygens (including phenoxy) is 2. The molecule has 1 heterocycles. The summed E-state index contributed by atoms with van der Waals surface area (Å²) in [5, 5.41) is 2.58. The second-order valence-corrected chi connectivity index (χ2v) is 8.49. The minimum absolute atomic E-state index is 0.463. The first kappa shape index (κ1) is 21.8. The van der Waals surface area contributed by atoms with Crippen molar-refractivity contribution in [2.24, 2.45) is 0 Å². The Bertz CT molecular complexity index is 578. The minimum atomic E-state index is -0.697. The molecule has 1 rings (SSSR count). The predicted molar refractivity (Wildman–Crippen MR) is 102 cm³/mol. The summed E-state index contributed by atoms with van der Waals surface area (Å²) < 4.78 is 10.9. The van der Waals surface area contributed by atoms with E-state index in [1.54, 1.807) is 38.7 Å². The predicted octanol–water partition coefficient (Wildman–Crippen LogP) is 4.17. The summed E-state index contributed by atoms with van der Waals surface area (Å²) in [5.74, 6) is 0.438. The molecule has 0 fully saturated rings. The number of alkyl carbamates (subject to hydrolysis) is 1. The summed E-state index contributed by atoms with van der Waals surface area (Å²) in [6.45, 7) is 5.31. The lowest BCUT2D eigenvalue weighted by molar-refractivity contribution is -0.143. The third-order valence-electron chi connectivity index (χ3n) is 3.01. The van der Waals surface area contributed by atoms with Gasteiger partial charge in [0.1, 0.15) is 11.6 Å². The maximum atomic E-state index is 11.8. The number of nitrogens with zero attached hydrogens (tertiary/aromatic N) is 1. The van der Waals surface area contributed by atoms with E-state index in [9.17, 15) is 9.59 Å². The summed E-state index contributed by atoms with van der Waals surface area (Å²) in [5.41, 5.74) is -0.612. The van der Waals surface area contributed by atoms with E-state index in [1.807, 2.05) is 12.3 Å². The molecule has 0 saturated carbocycles. The summed E-state index contributed by atoms with van der Waals surface area (Å²) in [7, 11) is 1.31. The molecule has 25 heavy (non-hydrogen) atoms. The number of esters is 1. The van der Waals surface area contributed by atoms with Crippen LogP contribution >= 0.6 is 27.7 Å². The van der Waals surface area contributed by atoms with Crippen molar-refractivity contribution in [1.82, 2.24) is 10.3 Å². The summed E-state index contributed by atoms with van der Waals surface area (Å²) in [6.07, 6.45) is 5.13. The molecule has 0 aliphatic rings. The van der Waals surface area contributed by atoms with E-state index >= 15 is 0 Å². The van der Waals surface area contributed by atoms with Crippen molar-refractivity contribution < 1.29 is 19.1 Å². The van der Waals surface area contributed by atoms with E-state index in [0.29, 0.717) is 6.42 Å². The van der Waals surface area contributed by atoms with E-state index in [4.69, 9.17) is 9.47 Å². The molecule has 1 atom stereocenters. The van der Waals surface area contributed by atoms with Crippen molar-refractivity contribution in [2.45, 2.75) is 56.6 Å². The van der Waals surface area contributed by atoms with Gasteiger partial charge in [-0.2, -0.15) is 0 Å². The second-order valence-electron chi connectivity index (χ2n) is 6.41. The molecule has 1 amide bonds. The molecule has 0 saturated heterocycles. The Balaban J connectivity index is 2.38. The van der Waals surface area contributed by atoms with Gasteiger partial charge in [-0.05, 0) is 67.8 Å². The number of methoxy groups -OCH3 is 1. The van der Waals surface area contributed by atoms with E-state index < -0.39 is 23.7 Å². The van der Waals surface area contributed by atoms with Gasteiger partial charge >= 0.3 is 12.1 Å². The van der Waals surface area contributed by atoms with Crippen LogP contribution in [-0.2, 0) is 14.3 Å². The number of rotatable bonds is 8. The van der Waals surface area contributed by atoms with Crippen molar-refractivity contribution in [1.29, 1.82) is 0 Å². The molecule has 0 spiro atoms. The Hall–Kier alpha value is -1.28. The zero-order valence-electron chi connectivity index (χ0n) is 15.0.